The number of carbonyl (C=O) groups excluding carboxylic acids is 1. The van der Waals surface area contributed by atoms with Crippen LogP contribution in [0.5, 0.6) is 0 Å². The summed E-state index contributed by atoms with van der Waals surface area (Å²) in [5, 5.41) is 28.8. The van der Waals surface area contributed by atoms with Crippen LogP contribution >= 0.6 is 0 Å². The number of fused-ring (bicyclic) bond motifs is 1. The predicted molar refractivity (Wildman–Crippen MR) is 134 cm³/mol. The van der Waals surface area contributed by atoms with E-state index in [4.69, 9.17) is 4.74 Å². The van der Waals surface area contributed by atoms with E-state index in [-0.39, 0.29) is 23.9 Å². The van der Waals surface area contributed by atoms with Crippen molar-refractivity contribution >= 4 is 22.8 Å². The Balaban J connectivity index is 1.28. The Bertz CT molecular complexity index is 1690. The van der Waals surface area contributed by atoms with E-state index >= 15 is 0 Å². The van der Waals surface area contributed by atoms with Gasteiger partial charge in [-0.1, -0.05) is 6.07 Å². The normalized spacial score (nSPS) is 18.4. The number of rotatable bonds is 5. The molecule has 0 radical (unpaired) electrons. The number of H-pyrrole nitrogens is 2. The summed E-state index contributed by atoms with van der Waals surface area (Å²) in [7, 11) is 0. The van der Waals surface area contributed by atoms with Gasteiger partial charge in [0.2, 0.25) is 0 Å². The van der Waals surface area contributed by atoms with E-state index in [1.165, 1.54) is 17.2 Å². The Labute approximate surface area is 223 Å². The number of hydrogen-bond donors (Lipinski definition) is 3. The molecule has 0 spiro atoms. The Morgan fingerprint density at radius 3 is 2.75 bits per heavy atom. The minimum atomic E-state index is -4.68. The van der Waals surface area contributed by atoms with Crippen LogP contribution in [0, 0.1) is 0 Å². The molecule has 40 heavy (non-hydrogen) atoms. The Morgan fingerprint density at radius 1 is 1.18 bits per heavy atom. The van der Waals surface area contributed by atoms with Gasteiger partial charge in [-0.15, -0.1) is 10.2 Å². The fourth-order valence-electron chi connectivity index (χ4n) is 4.56. The number of amides is 1. The lowest BCUT2D eigenvalue weighted by molar-refractivity contribution is -0.166. The number of nitrogens with zero attached hydrogens (tertiary/aromatic N) is 7. The number of alkyl halides is 3. The second-order valence-electron chi connectivity index (χ2n) is 9.92. The summed E-state index contributed by atoms with van der Waals surface area (Å²) in [6, 6.07) is 7.79. The van der Waals surface area contributed by atoms with Gasteiger partial charge in [-0.3, -0.25) is 14.8 Å². The SMILES string of the molecule is CC1(C)CN(c2ccn(-c3cnnc(C(F)(F)F)c3)n2)C(=O)C([C@@H](O)c2nc3ccc(-c4cn[nH]c4)cc3[nH]2)O1. The van der Waals surface area contributed by atoms with Crippen molar-refractivity contribution in [1.82, 2.24) is 40.1 Å². The number of aromatic nitrogens is 8. The van der Waals surface area contributed by atoms with E-state index in [1.807, 2.05) is 12.1 Å². The molecule has 0 aliphatic carbocycles. The molecule has 0 bridgehead atoms. The van der Waals surface area contributed by atoms with Crippen molar-refractivity contribution in [2.24, 2.45) is 0 Å². The lowest BCUT2D eigenvalue weighted by Crippen LogP contribution is -2.58. The zero-order chi connectivity index (χ0) is 28.2. The fraction of sp³-hybridized carbons (Fsp3) is 0.280. The minimum absolute atomic E-state index is 0.0159. The van der Waals surface area contributed by atoms with E-state index in [2.05, 4.69) is 35.5 Å². The van der Waals surface area contributed by atoms with Gasteiger partial charge in [-0.2, -0.15) is 23.4 Å². The minimum Gasteiger partial charge on any atom is -0.382 e. The van der Waals surface area contributed by atoms with Crippen LogP contribution in [0.4, 0.5) is 19.0 Å². The van der Waals surface area contributed by atoms with Crippen LogP contribution in [0.15, 0.2) is 55.1 Å². The van der Waals surface area contributed by atoms with Gasteiger partial charge < -0.3 is 14.8 Å². The molecular weight excluding hydrogens is 531 g/mol. The maximum atomic E-state index is 13.6. The quantitative estimate of drug-likeness (QED) is 0.300. The van der Waals surface area contributed by atoms with Crippen LogP contribution in [0.1, 0.15) is 31.5 Å². The Morgan fingerprint density at radius 2 is 2.00 bits per heavy atom. The van der Waals surface area contributed by atoms with Crippen LogP contribution in [0.2, 0.25) is 0 Å². The number of ether oxygens (including phenoxy) is 1. The fourth-order valence-corrected chi connectivity index (χ4v) is 4.56. The number of carbonyl (C=O) groups is 1. The first-order valence-corrected chi connectivity index (χ1v) is 12.1. The molecule has 6 rings (SSSR count). The highest BCUT2D eigenvalue weighted by atomic mass is 19.4. The molecule has 1 aliphatic heterocycles. The lowest BCUT2D eigenvalue weighted by atomic mass is 10.0. The van der Waals surface area contributed by atoms with E-state index in [9.17, 15) is 23.1 Å². The first-order valence-electron chi connectivity index (χ1n) is 12.1. The third-order valence-electron chi connectivity index (χ3n) is 6.44. The van der Waals surface area contributed by atoms with Gasteiger partial charge in [-0.05, 0) is 37.6 Å². The number of anilines is 1. The molecule has 3 N–H and O–H groups in total. The highest BCUT2D eigenvalue weighted by molar-refractivity contribution is 5.97. The largest absolute Gasteiger partial charge is 0.435 e. The van der Waals surface area contributed by atoms with Crippen molar-refractivity contribution in [1.29, 1.82) is 0 Å². The van der Waals surface area contributed by atoms with E-state index in [0.29, 0.717) is 11.0 Å². The van der Waals surface area contributed by atoms with Gasteiger partial charge in [0, 0.05) is 24.0 Å². The van der Waals surface area contributed by atoms with Gasteiger partial charge in [-0.25, -0.2) is 9.67 Å². The molecule has 1 aromatic carbocycles. The summed E-state index contributed by atoms with van der Waals surface area (Å²) in [6.45, 7) is 3.59. The molecule has 5 heterocycles. The third-order valence-corrected chi connectivity index (χ3v) is 6.44. The number of aliphatic hydroxyl groups is 1. The highest BCUT2D eigenvalue weighted by Crippen LogP contribution is 2.33. The van der Waals surface area contributed by atoms with Crippen molar-refractivity contribution in [3.8, 4) is 16.8 Å². The van der Waals surface area contributed by atoms with Crippen LogP contribution in [-0.4, -0.2) is 69.4 Å². The van der Waals surface area contributed by atoms with E-state index in [0.717, 1.165) is 28.1 Å². The molecule has 1 fully saturated rings. The van der Waals surface area contributed by atoms with Crippen LogP contribution < -0.4 is 4.90 Å². The summed E-state index contributed by atoms with van der Waals surface area (Å²) in [5.41, 5.74) is 0.937. The maximum Gasteiger partial charge on any atom is 0.435 e. The lowest BCUT2D eigenvalue weighted by Gasteiger charge is -2.42. The summed E-state index contributed by atoms with van der Waals surface area (Å²) >= 11 is 0. The molecule has 2 atom stereocenters. The van der Waals surface area contributed by atoms with Crippen LogP contribution in [0.25, 0.3) is 27.8 Å². The smallest absolute Gasteiger partial charge is 0.382 e. The molecule has 1 unspecified atom stereocenters. The van der Waals surface area contributed by atoms with Crippen molar-refractivity contribution < 1.29 is 27.8 Å². The summed E-state index contributed by atoms with van der Waals surface area (Å²) in [6.07, 6.45) is -1.49. The molecule has 12 nitrogen and oxygen atoms in total. The van der Waals surface area contributed by atoms with Gasteiger partial charge in [0.25, 0.3) is 5.91 Å². The summed E-state index contributed by atoms with van der Waals surface area (Å²) < 4.78 is 46.4. The average molecular weight is 554 g/mol. The second-order valence-corrected chi connectivity index (χ2v) is 9.92. The number of imidazole rings is 1. The first-order chi connectivity index (χ1) is 19.0. The van der Waals surface area contributed by atoms with Gasteiger partial charge in [0.05, 0.1) is 41.3 Å². The molecule has 1 aliphatic rings. The third kappa shape index (κ3) is 4.69. The standard InChI is InChI=1S/C25H22F3N9O3/c1-24(2)12-36(19-5-6-37(35-19)15-8-18(25(26,27)28)34-31-11-15)23(39)21(40-24)20(38)22-32-16-4-3-13(7-17(16)33-22)14-9-29-30-10-14/h3-11,20-21,38H,12H2,1-2H3,(H,29,30)(H,32,33)/t20-,21?/m1/s1. The predicted octanol–water partition coefficient (Wildman–Crippen LogP) is 3.19. The van der Waals surface area contributed by atoms with Crippen LogP contribution in [0.3, 0.4) is 0 Å². The van der Waals surface area contributed by atoms with Gasteiger partial charge in [0.15, 0.2) is 17.6 Å². The van der Waals surface area contributed by atoms with E-state index in [1.54, 1.807) is 32.3 Å². The highest BCUT2D eigenvalue weighted by Gasteiger charge is 2.45. The average Bonchev–Trinajstić information content (AvgIpc) is 3.69. The molecule has 1 saturated heterocycles. The number of morpholine rings is 1. The molecule has 5 aromatic rings. The maximum absolute atomic E-state index is 13.6. The van der Waals surface area contributed by atoms with Gasteiger partial charge in [0.1, 0.15) is 11.9 Å². The monoisotopic (exact) mass is 553 g/mol. The van der Waals surface area contributed by atoms with Crippen LogP contribution in [-0.2, 0) is 15.7 Å². The van der Waals surface area contributed by atoms with Crippen molar-refractivity contribution in [3.63, 3.8) is 0 Å². The number of benzene rings is 1. The number of aromatic amines is 2. The number of halogens is 3. The molecular formula is C25H22F3N9O3. The Hall–Kier alpha value is -4.63. The molecule has 0 saturated carbocycles. The van der Waals surface area contributed by atoms with Crippen molar-refractivity contribution in [2.45, 2.75) is 37.8 Å². The molecule has 206 valence electrons. The molecule has 15 heteroatoms. The first kappa shape index (κ1) is 25.6. The summed E-state index contributed by atoms with van der Waals surface area (Å²) in [4.78, 5) is 22.4. The number of nitrogens with one attached hydrogen (secondary N) is 2. The van der Waals surface area contributed by atoms with Gasteiger partial charge >= 0.3 is 6.18 Å². The number of aliphatic hydroxyl groups excluding tert-OH is 1. The Kier molecular flexibility index (Phi) is 5.92. The molecule has 1 amide bonds. The van der Waals surface area contributed by atoms with Crippen molar-refractivity contribution in [3.05, 3.63) is 66.6 Å². The number of hydrogen-bond acceptors (Lipinski definition) is 8. The molecule has 4 aromatic heterocycles. The topological polar surface area (TPSA) is 151 Å². The second kappa shape index (κ2) is 9.24. The summed E-state index contributed by atoms with van der Waals surface area (Å²) in [5.74, 6) is -0.276. The zero-order valence-electron chi connectivity index (χ0n) is 21.1. The van der Waals surface area contributed by atoms with Crippen molar-refractivity contribution in [2.75, 3.05) is 11.4 Å². The van der Waals surface area contributed by atoms with E-state index < -0.39 is 35.6 Å². The zero-order valence-corrected chi connectivity index (χ0v) is 21.1.